The Morgan fingerprint density at radius 3 is 1.59 bits per heavy atom. The van der Waals surface area contributed by atoms with Gasteiger partial charge in [0.25, 0.3) is 0 Å². The first-order valence-electron chi connectivity index (χ1n) is 26.9. The van der Waals surface area contributed by atoms with E-state index in [4.69, 9.17) is 4.74 Å². The predicted molar refractivity (Wildman–Crippen MR) is 320 cm³/mol. The van der Waals surface area contributed by atoms with Gasteiger partial charge in [-0.25, -0.2) is 0 Å². The summed E-state index contributed by atoms with van der Waals surface area (Å²) in [5.74, 6) is 1.77. The molecule has 3 heterocycles. The van der Waals surface area contributed by atoms with Gasteiger partial charge in [-0.2, -0.15) is 0 Å². The third kappa shape index (κ3) is 5.79. The molecule has 13 aromatic rings. The smallest absolute Gasteiger partial charge is 0.132 e. The number of nitrogens with zero attached hydrogens (tertiary/aromatic N) is 2. The molecule has 17 rings (SSSR count). The lowest BCUT2D eigenvalue weighted by Gasteiger charge is -2.40. The van der Waals surface area contributed by atoms with Crippen molar-refractivity contribution in [1.82, 2.24) is 4.57 Å². The van der Waals surface area contributed by atoms with Gasteiger partial charge in [0.05, 0.1) is 27.6 Å². The number of para-hydroxylation sites is 4. The van der Waals surface area contributed by atoms with E-state index in [0.29, 0.717) is 0 Å². The number of rotatable bonds is 5. The van der Waals surface area contributed by atoms with Gasteiger partial charge >= 0.3 is 0 Å². The Kier molecular flexibility index (Phi) is 9.20. The standard InChI is InChI=1S/C74H46N2OS/c1-2-19-49(20-3-1)76-65-31-13-6-22-53(65)56-45-48(39-44-66(56)76)47-37-40-50(41-38-47)75(51-42-43-59-55(46-51)52-21-4-7-24-57(52)73(59)62-28-11-16-35-70(62)78-71-36-17-12-29-63(71)73)67-32-18-30-64-72(67)54-23-5-8-25-58(54)74(64)60-26-9-14-33-68(60)77-69-34-15-10-27-61(69)74/h1-46H. The van der Waals surface area contributed by atoms with E-state index in [1.165, 1.54) is 92.8 Å². The Hall–Kier alpha value is -9.61. The van der Waals surface area contributed by atoms with E-state index in [-0.39, 0.29) is 0 Å². The highest BCUT2D eigenvalue weighted by Gasteiger charge is 2.53. The first kappa shape index (κ1) is 43.6. The lowest BCUT2D eigenvalue weighted by atomic mass is 9.66. The molecule has 0 amide bonds. The van der Waals surface area contributed by atoms with Gasteiger partial charge in [-0.15, -0.1) is 0 Å². The average molecular weight is 1010 g/mol. The molecular formula is C74H46N2OS. The van der Waals surface area contributed by atoms with Gasteiger partial charge in [0.15, 0.2) is 0 Å². The molecule has 2 aliphatic carbocycles. The van der Waals surface area contributed by atoms with E-state index in [0.717, 1.165) is 50.9 Å². The number of anilines is 3. The first-order chi connectivity index (χ1) is 38.7. The highest BCUT2D eigenvalue weighted by molar-refractivity contribution is 7.99. The zero-order valence-electron chi connectivity index (χ0n) is 42.3. The van der Waals surface area contributed by atoms with Crippen molar-refractivity contribution in [2.45, 2.75) is 20.6 Å². The predicted octanol–water partition coefficient (Wildman–Crippen LogP) is 19.2. The third-order valence-corrected chi connectivity index (χ3v) is 18.5. The van der Waals surface area contributed by atoms with Crippen molar-refractivity contribution in [3.05, 3.63) is 324 Å². The van der Waals surface area contributed by atoms with E-state index in [1.807, 2.05) is 11.8 Å². The Morgan fingerprint density at radius 2 is 0.859 bits per heavy atom. The van der Waals surface area contributed by atoms with E-state index >= 15 is 0 Å². The normalized spacial score (nSPS) is 14.2. The molecule has 0 unspecified atom stereocenters. The minimum Gasteiger partial charge on any atom is -0.457 e. The maximum Gasteiger partial charge on any atom is 0.132 e. The second-order valence-corrected chi connectivity index (χ2v) is 22.1. The molecule has 0 radical (unpaired) electrons. The summed E-state index contributed by atoms with van der Waals surface area (Å²) in [5.41, 5.74) is 23.1. The van der Waals surface area contributed by atoms with Gasteiger partial charge in [-0.1, -0.05) is 206 Å². The number of benzene rings is 12. The van der Waals surface area contributed by atoms with Crippen LogP contribution < -0.4 is 9.64 Å². The van der Waals surface area contributed by atoms with Crippen LogP contribution in [0.1, 0.15) is 44.5 Å². The van der Waals surface area contributed by atoms with Crippen molar-refractivity contribution < 1.29 is 4.74 Å². The molecule has 4 heteroatoms. The summed E-state index contributed by atoms with van der Waals surface area (Å²) < 4.78 is 9.16. The maximum absolute atomic E-state index is 6.77. The summed E-state index contributed by atoms with van der Waals surface area (Å²) in [4.78, 5) is 5.13. The Bertz CT molecular complexity index is 4560. The molecule has 0 fully saturated rings. The van der Waals surface area contributed by atoms with Gasteiger partial charge in [-0.05, 0) is 146 Å². The van der Waals surface area contributed by atoms with Gasteiger partial charge in [0.2, 0.25) is 0 Å². The topological polar surface area (TPSA) is 17.4 Å². The molecule has 2 aliphatic heterocycles. The van der Waals surface area contributed by atoms with Crippen LogP contribution in [0.25, 0.3) is 60.9 Å². The van der Waals surface area contributed by atoms with Crippen LogP contribution in [0.4, 0.5) is 17.1 Å². The summed E-state index contributed by atoms with van der Waals surface area (Å²) in [7, 11) is 0. The van der Waals surface area contributed by atoms with Gasteiger partial charge in [0.1, 0.15) is 11.5 Å². The third-order valence-electron chi connectivity index (χ3n) is 17.3. The highest BCUT2D eigenvalue weighted by atomic mass is 32.2. The molecule has 4 aliphatic rings. The molecular weight excluding hydrogens is 965 g/mol. The number of aromatic nitrogens is 1. The maximum atomic E-state index is 6.77. The molecule has 0 bridgehead atoms. The molecule has 0 saturated carbocycles. The first-order valence-corrected chi connectivity index (χ1v) is 27.7. The van der Waals surface area contributed by atoms with Crippen molar-refractivity contribution in [2.24, 2.45) is 0 Å². The minimum atomic E-state index is -0.617. The second kappa shape index (κ2) is 16.4. The van der Waals surface area contributed by atoms with Gasteiger partial charge < -0.3 is 14.2 Å². The van der Waals surface area contributed by atoms with Crippen LogP contribution in [-0.2, 0) is 10.8 Å². The monoisotopic (exact) mass is 1010 g/mol. The van der Waals surface area contributed by atoms with Crippen molar-refractivity contribution in [1.29, 1.82) is 0 Å². The Labute approximate surface area is 456 Å². The van der Waals surface area contributed by atoms with Crippen molar-refractivity contribution in [3.63, 3.8) is 0 Å². The molecule has 2 spiro atoms. The van der Waals surface area contributed by atoms with E-state index in [2.05, 4.69) is 289 Å². The summed E-state index contributed by atoms with van der Waals surface area (Å²) in [5, 5.41) is 2.48. The largest absolute Gasteiger partial charge is 0.457 e. The van der Waals surface area contributed by atoms with Crippen molar-refractivity contribution >= 4 is 50.6 Å². The number of ether oxygens (including phenoxy) is 1. The summed E-state index contributed by atoms with van der Waals surface area (Å²) in [6, 6.07) is 104. The minimum absolute atomic E-state index is 0.479. The van der Waals surface area contributed by atoms with Crippen LogP contribution in [0.15, 0.2) is 289 Å². The fourth-order valence-corrected chi connectivity index (χ4v) is 15.5. The SMILES string of the molecule is c1ccc(-n2c3ccccc3c3cc(-c4ccc(N(c5ccc6c(c5)-c5ccccc5C65c6ccccc6Sc6ccccc65)c5cccc6c5-c5ccccc5C65c6ccccc6Oc6ccccc65)cc4)ccc32)cc1. The van der Waals surface area contributed by atoms with Gasteiger partial charge in [-0.3, -0.25) is 0 Å². The summed E-state index contributed by atoms with van der Waals surface area (Å²) >= 11 is 1.88. The lowest BCUT2D eigenvalue weighted by molar-refractivity contribution is 0.436. The molecule has 0 saturated heterocycles. The van der Waals surface area contributed by atoms with Crippen LogP contribution in [0.2, 0.25) is 0 Å². The molecule has 364 valence electrons. The zero-order valence-corrected chi connectivity index (χ0v) is 43.1. The van der Waals surface area contributed by atoms with Crippen LogP contribution in [0, 0.1) is 0 Å². The molecule has 78 heavy (non-hydrogen) atoms. The van der Waals surface area contributed by atoms with Crippen LogP contribution in [0.5, 0.6) is 11.5 Å². The molecule has 0 N–H and O–H groups in total. The van der Waals surface area contributed by atoms with Crippen LogP contribution in [-0.4, -0.2) is 4.57 Å². The van der Waals surface area contributed by atoms with Crippen LogP contribution in [0.3, 0.4) is 0 Å². The second-order valence-electron chi connectivity index (χ2n) is 21.0. The molecule has 3 nitrogen and oxygen atoms in total. The molecule has 12 aromatic carbocycles. The summed E-state index contributed by atoms with van der Waals surface area (Å²) in [6.45, 7) is 0. The van der Waals surface area contributed by atoms with E-state index in [9.17, 15) is 0 Å². The quantitative estimate of drug-likeness (QED) is 0.171. The van der Waals surface area contributed by atoms with Gasteiger partial charge in [0, 0.05) is 54.3 Å². The van der Waals surface area contributed by atoms with E-state index in [1.54, 1.807) is 0 Å². The van der Waals surface area contributed by atoms with E-state index < -0.39 is 10.8 Å². The fourth-order valence-electron chi connectivity index (χ4n) is 14.3. The number of hydrogen-bond acceptors (Lipinski definition) is 3. The van der Waals surface area contributed by atoms with Crippen molar-refractivity contribution in [2.75, 3.05) is 4.90 Å². The Balaban J connectivity index is 0.898. The zero-order chi connectivity index (χ0) is 51.1. The average Bonchev–Trinajstić information content (AvgIpc) is 4.29. The molecule has 1 aromatic heterocycles. The summed E-state index contributed by atoms with van der Waals surface area (Å²) in [6.07, 6.45) is 0. The highest BCUT2D eigenvalue weighted by Crippen LogP contribution is 2.66. The number of fused-ring (bicyclic) bond motifs is 21. The Morgan fingerprint density at radius 1 is 0.333 bits per heavy atom. The fraction of sp³-hybridized carbons (Fsp3) is 0.0270. The number of hydrogen-bond donors (Lipinski definition) is 0. The lowest BCUT2D eigenvalue weighted by Crippen LogP contribution is -2.32. The molecule has 0 atom stereocenters. The van der Waals surface area contributed by atoms with Crippen LogP contribution >= 0.6 is 11.8 Å². The van der Waals surface area contributed by atoms with Crippen molar-refractivity contribution in [3.8, 4) is 50.6 Å².